The van der Waals surface area contributed by atoms with Gasteiger partial charge in [-0.15, -0.1) is 0 Å². The highest BCUT2D eigenvalue weighted by molar-refractivity contribution is 6.06. The first-order chi connectivity index (χ1) is 12.2. The molecule has 0 bridgehead atoms. The van der Waals surface area contributed by atoms with Crippen LogP contribution in [0.3, 0.4) is 0 Å². The summed E-state index contributed by atoms with van der Waals surface area (Å²) >= 11 is 0. The molecule has 1 amide bonds. The van der Waals surface area contributed by atoms with Crippen molar-refractivity contribution in [1.82, 2.24) is 20.4 Å². The average Bonchev–Trinajstić information content (AvgIpc) is 3.28. The van der Waals surface area contributed by atoms with Gasteiger partial charge in [0.2, 0.25) is 5.89 Å². The lowest BCUT2D eigenvalue weighted by Gasteiger charge is -2.28. The Bertz CT molecular complexity index is 879. The zero-order chi connectivity index (χ0) is 17.2. The summed E-state index contributed by atoms with van der Waals surface area (Å²) in [5, 5.41) is 7.89. The number of hydrogen-bond acceptors (Lipinski definition) is 5. The molecule has 25 heavy (non-hydrogen) atoms. The van der Waals surface area contributed by atoms with E-state index in [0.29, 0.717) is 30.5 Å². The van der Waals surface area contributed by atoms with E-state index in [1.54, 1.807) is 6.92 Å². The Morgan fingerprint density at radius 2 is 2.16 bits per heavy atom. The molecule has 7 nitrogen and oxygen atoms in total. The van der Waals surface area contributed by atoms with Gasteiger partial charge >= 0.3 is 0 Å². The van der Waals surface area contributed by atoms with Crippen molar-refractivity contribution in [1.29, 1.82) is 0 Å². The number of ether oxygens (including phenoxy) is 1. The molecule has 1 atom stereocenters. The first kappa shape index (κ1) is 15.8. The maximum Gasteiger partial charge on any atom is 0.252 e. The van der Waals surface area contributed by atoms with Crippen LogP contribution in [0.4, 0.5) is 0 Å². The topological polar surface area (TPSA) is 93.0 Å². The number of H-pyrrole nitrogens is 1. The van der Waals surface area contributed by atoms with Gasteiger partial charge in [-0.25, -0.2) is 0 Å². The van der Waals surface area contributed by atoms with Gasteiger partial charge in [0.05, 0.1) is 0 Å². The van der Waals surface area contributed by atoms with Gasteiger partial charge in [-0.05, 0) is 43.9 Å². The van der Waals surface area contributed by atoms with Crippen molar-refractivity contribution in [2.75, 3.05) is 13.2 Å². The Morgan fingerprint density at radius 3 is 2.92 bits per heavy atom. The molecule has 0 aliphatic carbocycles. The smallest absolute Gasteiger partial charge is 0.252 e. The van der Waals surface area contributed by atoms with Crippen molar-refractivity contribution in [3.63, 3.8) is 0 Å². The number of hydrogen-bond donors (Lipinski definition) is 2. The summed E-state index contributed by atoms with van der Waals surface area (Å²) in [6.07, 6.45) is 3.53. The Hall–Kier alpha value is -2.67. The molecule has 2 N–H and O–H groups in total. The van der Waals surface area contributed by atoms with E-state index < -0.39 is 0 Å². The van der Waals surface area contributed by atoms with Crippen molar-refractivity contribution >= 4 is 16.8 Å². The van der Waals surface area contributed by atoms with Crippen molar-refractivity contribution in [3.8, 4) is 0 Å². The largest absolute Gasteiger partial charge is 0.381 e. The molecule has 0 unspecified atom stereocenters. The Balaban J connectivity index is 1.63. The summed E-state index contributed by atoms with van der Waals surface area (Å²) in [5.41, 5.74) is 1.57. The first-order valence-corrected chi connectivity index (χ1v) is 8.47. The lowest BCUT2D eigenvalue weighted by Crippen LogP contribution is -2.36. The molecule has 130 valence electrons. The lowest BCUT2D eigenvalue weighted by atomic mass is 9.91. The van der Waals surface area contributed by atoms with Gasteiger partial charge in [-0.3, -0.25) is 4.79 Å². The SMILES string of the molecule is Cc1noc([C@H](NC(=O)c2cccc3[nH]ccc23)C2CCOCC2)n1. The zero-order valence-electron chi connectivity index (χ0n) is 14.0. The molecule has 1 aromatic carbocycles. The number of carbonyl (C=O) groups is 1. The van der Waals surface area contributed by atoms with Crippen molar-refractivity contribution in [3.05, 3.63) is 47.7 Å². The number of nitrogens with zero attached hydrogens (tertiary/aromatic N) is 2. The van der Waals surface area contributed by atoms with Crippen LogP contribution >= 0.6 is 0 Å². The van der Waals surface area contributed by atoms with Crippen LogP contribution in [-0.2, 0) is 4.74 Å². The van der Waals surface area contributed by atoms with Gasteiger partial charge in [0.1, 0.15) is 6.04 Å². The minimum atomic E-state index is -0.313. The molecule has 1 aliphatic heterocycles. The fraction of sp³-hybridized carbons (Fsp3) is 0.389. The third kappa shape index (κ3) is 3.15. The number of rotatable bonds is 4. The Labute approximate surface area is 144 Å². The van der Waals surface area contributed by atoms with Gasteiger partial charge in [0, 0.05) is 35.9 Å². The van der Waals surface area contributed by atoms with Gasteiger partial charge in [0.25, 0.3) is 5.91 Å². The van der Waals surface area contributed by atoms with Gasteiger partial charge in [-0.1, -0.05) is 11.2 Å². The molecule has 0 saturated carbocycles. The first-order valence-electron chi connectivity index (χ1n) is 8.47. The Kier molecular flexibility index (Phi) is 4.23. The number of fused-ring (bicyclic) bond motifs is 1. The predicted molar refractivity (Wildman–Crippen MR) is 91.1 cm³/mol. The number of aryl methyl sites for hydroxylation is 1. The normalized spacial score (nSPS) is 16.8. The van der Waals surface area contributed by atoms with E-state index in [0.717, 1.165) is 23.7 Å². The third-order valence-corrected chi connectivity index (χ3v) is 4.67. The molecule has 0 spiro atoms. The monoisotopic (exact) mass is 340 g/mol. The number of aromatic nitrogens is 3. The highest BCUT2D eigenvalue weighted by atomic mass is 16.5. The van der Waals surface area contributed by atoms with E-state index in [4.69, 9.17) is 9.26 Å². The van der Waals surface area contributed by atoms with E-state index >= 15 is 0 Å². The van der Waals surface area contributed by atoms with E-state index in [1.165, 1.54) is 0 Å². The molecule has 3 aromatic rings. The molecule has 2 aromatic heterocycles. The van der Waals surface area contributed by atoms with Crippen LogP contribution in [-0.4, -0.2) is 34.2 Å². The number of carbonyl (C=O) groups excluding carboxylic acids is 1. The fourth-order valence-electron chi connectivity index (χ4n) is 3.37. The minimum Gasteiger partial charge on any atom is -0.381 e. The maximum absolute atomic E-state index is 12.9. The van der Waals surface area contributed by atoms with Crippen LogP contribution in [0.5, 0.6) is 0 Å². The zero-order valence-corrected chi connectivity index (χ0v) is 14.0. The summed E-state index contributed by atoms with van der Waals surface area (Å²) < 4.78 is 10.8. The van der Waals surface area contributed by atoms with Gasteiger partial charge < -0.3 is 19.6 Å². The second kappa shape index (κ2) is 6.68. The minimum absolute atomic E-state index is 0.141. The number of nitrogens with one attached hydrogen (secondary N) is 2. The molecular weight excluding hydrogens is 320 g/mol. The van der Waals surface area contributed by atoms with Crippen LogP contribution in [0.25, 0.3) is 10.9 Å². The number of aromatic amines is 1. The fourth-order valence-corrected chi connectivity index (χ4v) is 3.37. The van der Waals surface area contributed by atoms with Crippen LogP contribution < -0.4 is 5.32 Å². The lowest BCUT2D eigenvalue weighted by molar-refractivity contribution is 0.0468. The summed E-state index contributed by atoms with van der Waals surface area (Å²) in [7, 11) is 0. The van der Waals surface area contributed by atoms with E-state index in [2.05, 4.69) is 20.4 Å². The van der Waals surface area contributed by atoms with E-state index in [1.807, 2.05) is 30.5 Å². The van der Waals surface area contributed by atoms with Crippen LogP contribution in [0, 0.1) is 12.8 Å². The highest BCUT2D eigenvalue weighted by Crippen LogP contribution is 2.30. The Morgan fingerprint density at radius 1 is 1.32 bits per heavy atom. The predicted octanol–water partition coefficient (Wildman–Crippen LogP) is 2.76. The van der Waals surface area contributed by atoms with Crippen LogP contribution in [0.1, 0.15) is 41.0 Å². The van der Waals surface area contributed by atoms with E-state index in [9.17, 15) is 4.79 Å². The molecule has 3 heterocycles. The summed E-state index contributed by atoms with van der Waals surface area (Å²) in [6.45, 7) is 3.13. The van der Waals surface area contributed by atoms with Crippen molar-refractivity contribution < 1.29 is 14.1 Å². The quantitative estimate of drug-likeness (QED) is 0.762. The van der Waals surface area contributed by atoms with Crippen LogP contribution in [0.15, 0.2) is 35.0 Å². The molecule has 1 saturated heterocycles. The van der Waals surface area contributed by atoms with Gasteiger partial charge in [-0.2, -0.15) is 4.98 Å². The summed E-state index contributed by atoms with van der Waals surface area (Å²) in [4.78, 5) is 20.4. The second-order valence-electron chi connectivity index (χ2n) is 6.33. The highest BCUT2D eigenvalue weighted by Gasteiger charge is 2.31. The molecule has 1 aliphatic rings. The van der Waals surface area contributed by atoms with Crippen molar-refractivity contribution in [2.24, 2.45) is 5.92 Å². The molecule has 7 heteroatoms. The molecule has 4 rings (SSSR count). The standard InChI is InChI=1S/C18H20N4O3/c1-11-20-18(25-22-11)16(12-6-9-24-10-7-12)21-17(23)14-3-2-4-15-13(14)5-8-19-15/h2-5,8,12,16,19H,6-7,9-10H2,1H3,(H,21,23)/t16-/m1/s1. The number of benzene rings is 1. The molecular formula is C18H20N4O3. The van der Waals surface area contributed by atoms with Crippen LogP contribution in [0.2, 0.25) is 0 Å². The molecule has 0 radical (unpaired) electrons. The maximum atomic E-state index is 12.9. The second-order valence-corrected chi connectivity index (χ2v) is 6.33. The van der Waals surface area contributed by atoms with E-state index in [-0.39, 0.29) is 17.9 Å². The van der Waals surface area contributed by atoms with Crippen molar-refractivity contribution in [2.45, 2.75) is 25.8 Å². The third-order valence-electron chi connectivity index (χ3n) is 4.67. The summed E-state index contributed by atoms with van der Waals surface area (Å²) in [6, 6.07) is 7.24. The average molecular weight is 340 g/mol. The van der Waals surface area contributed by atoms with Gasteiger partial charge in [0.15, 0.2) is 5.82 Å². The summed E-state index contributed by atoms with van der Waals surface area (Å²) in [5.74, 6) is 1.09. The molecule has 1 fully saturated rings. The number of amides is 1.